The van der Waals surface area contributed by atoms with Crippen molar-refractivity contribution >= 4 is 184 Å². The number of aromatic nitrogens is 6. The molecule has 55 heavy (non-hydrogen) atoms. The smallest absolute Gasteiger partial charge is 2.00 e. The van der Waals surface area contributed by atoms with Crippen LogP contribution in [0.25, 0.3) is 5.32 Å². The minimum absolute atomic E-state index is 0. The van der Waals surface area contributed by atoms with E-state index >= 15 is 0 Å². The van der Waals surface area contributed by atoms with Crippen LogP contribution in [0.4, 0.5) is 17.1 Å². The molecule has 0 radical (unpaired) electrons. The average molecular weight is 1270 g/mol. The summed E-state index contributed by atoms with van der Waals surface area (Å²) < 4.78 is 0.271. The zero-order valence-electron chi connectivity index (χ0n) is 28.2. The van der Waals surface area contributed by atoms with Crippen LogP contribution in [0.1, 0.15) is 47.0 Å². The summed E-state index contributed by atoms with van der Waals surface area (Å²) in [6.45, 7) is 8.92. The Hall–Kier alpha value is 2.68. The van der Waals surface area contributed by atoms with E-state index < -0.39 is 47.0 Å². The number of hydrogen-bond acceptors (Lipinski definition) is 12. The summed E-state index contributed by atoms with van der Waals surface area (Å²) in [5.74, 6) is 0. The van der Waals surface area contributed by atoms with Crippen LogP contribution in [0.3, 0.4) is 0 Å². The molecular weight excluding hydrogens is 1260 g/mol. The van der Waals surface area contributed by atoms with Gasteiger partial charge in [0.05, 0.1) is 20.2 Å². The zero-order valence-corrected chi connectivity index (χ0v) is 49.0. The largest absolute Gasteiger partial charge is 2.00 e. The van der Waals surface area contributed by atoms with Crippen LogP contribution in [0, 0.1) is 40.5 Å². The Kier molecular flexibility index (Phi) is 53.9. The zero-order chi connectivity index (χ0) is 38.7. The Morgan fingerprint density at radius 1 is 0.691 bits per heavy atom. The van der Waals surface area contributed by atoms with Gasteiger partial charge >= 0.3 is 119 Å². The molecule has 296 valence electrons. The Bertz CT molecular complexity index is 1440. The molecule has 0 atom stereocenters. The second-order valence-electron chi connectivity index (χ2n) is 9.44. The first-order chi connectivity index (χ1) is 22.6. The number of piperidine rings is 1. The molecule has 34 heteroatoms. The summed E-state index contributed by atoms with van der Waals surface area (Å²) in [5.41, 5.74) is -0.939. The van der Waals surface area contributed by atoms with Crippen molar-refractivity contribution in [3.8, 4) is 0 Å². The van der Waals surface area contributed by atoms with E-state index in [0.717, 1.165) is 23.6 Å². The summed E-state index contributed by atoms with van der Waals surface area (Å²) in [6.07, 6.45) is 6.97. The van der Waals surface area contributed by atoms with E-state index in [0.29, 0.717) is 0 Å². The molecule has 0 N–H and O–H groups in total. The van der Waals surface area contributed by atoms with Crippen molar-refractivity contribution in [1.29, 1.82) is 0 Å². The Morgan fingerprint density at radius 3 is 1.18 bits per heavy atom. The molecule has 1 aliphatic heterocycles. The number of halogens is 14. The van der Waals surface area contributed by atoms with Gasteiger partial charge in [-0.1, -0.05) is 93.4 Å². The predicted octanol–water partition coefficient (Wildman–Crippen LogP) is -2.10. The van der Waals surface area contributed by atoms with Crippen LogP contribution >= 0.6 is 121 Å². The van der Waals surface area contributed by atoms with Crippen LogP contribution in [0.5, 0.6) is 0 Å². The summed E-state index contributed by atoms with van der Waals surface area (Å²) in [7, 11) is 14.7. The first-order valence-electron chi connectivity index (χ1n) is 12.3. The van der Waals surface area contributed by atoms with E-state index in [1.54, 1.807) is 22.6 Å². The molecule has 0 amide bonds. The predicted molar refractivity (Wildman–Crippen MR) is 202 cm³/mol. The second kappa shape index (κ2) is 39.5. The van der Waals surface area contributed by atoms with Gasteiger partial charge in [0.15, 0.2) is 3.83 Å². The molecule has 1 aliphatic rings. The minimum Gasteiger partial charge on any atom is 2.00 e. The van der Waals surface area contributed by atoms with Gasteiger partial charge in [0.1, 0.15) is 6.33 Å². The van der Waals surface area contributed by atoms with Crippen LogP contribution in [-0.2, 0) is 32.5 Å². The van der Waals surface area contributed by atoms with Gasteiger partial charge in [-0.3, -0.25) is 30.3 Å². The van der Waals surface area contributed by atoms with Crippen LogP contribution in [-0.4, -0.2) is 102 Å². The van der Waals surface area contributed by atoms with Crippen molar-refractivity contribution in [2.75, 3.05) is 0 Å². The van der Waals surface area contributed by atoms with E-state index in [-0.39, 0.29) is 142 Å². The fraction of sp³-hybridized carbons (Fsp3) is 0.429. The van der Waals surface area contributed by atoms with Gasteiger partial charge in [0, 0.05) is 33.8 Å². The van der Waals surface area contributed by atoms with Crippen molar-refractivity contribution < 1.29 is 96.9 Å². The summed E-state index contributed by atoms with van der Waals surface area (Å²) in [5, 5.41) is 33.8. The fourth-order valence-corrected chi connectivity index (χ4v) is 5.54. The maximum Gasteiger partial charge on any atom is 2.00 e. The molecule has 1 saturated heterocycles. The minimum atomic E-state index is -0.931. The van der Waals surface area contributed by atoms with Gasteiger partial charge in [-0.25, -0.2) is 19.9 Å². The molecule has 0 saturated carbocycles. The number of nitro groups is 3. The Balaban J connectivity index is -0.0000000829. The first-order valence-corrected chi connectivity index (χ1v) is 27.3. The number of hydrogen-bond donors (Lipinski definition) is 0. The van der Waals surface area contributed by atoms with E-state index in [2.05, 4.69) is 63.9 Å². The fourth-order valence-electron chi connectivity index (χ4n) is 3.36. The molecule has 4 rings (SSSR count). The molecule has 0 aromatic carbocycles. The van der Waals surface area contributed by atoms with Gasteiger partial charge in [-0.15, -0.1) is 34.3 Å². The van der Waals surface area contributed by atoms with Crippen molar-refractivity contribution in [2.24, 2.45) is 0 Å². The SMILES string of the molecule is CC1(C)CCCC(C)(C)[N-]1.O=[N+]([O-])c1c(Cl)n[c-]nc1Cl.O=[N+]([O-])c1c(Cl)nc(I)nc1Cl.O=[N+]([O-])c1c(Cl)ncnc1Cl.[Cl-].[Cl-].[Cl-].[Cl-].[Cl][Zn+].[Cl][Zn][Cl].[Mg+2].[Mg+2]. The molecule has 3 aromatic heterocycles. The van der Waals surface area contributed by atoms with Gasteiger partial charge in [0.2, 0.25) is 26.3 Å². The average Bonchev–Trinajstić information content (AvgIpc) is 2.93. The third-order valence-electron chi connectivity index (χ3n) is 4.92. The van der Waals surface area contributed by atoms with E-state index in [9.17, 15) is 30.3 Å². The monoisotopic (exact) mass is 1260 g/mol. The topological polar surface area (TPSA) is 221 Å². The summed E-state index contributed by atoms with van der Waals surface area (Å²) in [4.78, 5) is 48.9. The normalized spacial score (nSPS) is 11.8. The molecule has 16 nitrogen and oxygen atoms in total. The molecule has 1 fully saturated rings. The Morgan fingerprint density at radius 2 is 0.964 bits per heavy atom. The van der Waals surface area contributed by atoms with E-state index in [1.165, 1.54) is 19.3 Å². The molecule has 0 spiro atoms. The van der Waals surface area contributed by atoms with Gasteiger partial charge in [0.25, 0.3) is 0 Å². The van der Waals surface area contributed by atoms with E-state index in [4.69, 9.17) is 104 Å². The van der Waals surface area contributed by atoms with Crippen molar-refractivity contribution in [1.82, 2.24) is 29.9 Å². The second-order valence-corrected chi connectivity index (χ2v) is 17.2. The standard InChI is InChI=1S/C9H18N.C4Cl2IN3O2.C4HCl2N3O2.C4Cl2N3O2.7ClH.2Mg.2Zn/c1-8(2)6-5-7-9(3,4)10-8;5-2-1(10(11)12)3(6)9-4(7)8-2;2*5-3-2(9(10)11)4(6)8-1-7-3;;;;;;;;;;;/h5-7H2,1-4H3;;1H;;7*1H;;;;/q-1;;;-1;;;;;;;;4*+2/p-7. The first kappa shape index (κ1) is 75.1. The molecule has 4 heterocycles. The van der Waals surface area contributed by atoms with Crippen molar-refractivity contribution in [3.63, 3.8) is 0 Å². The van der Waals surface area contributed by atoms with Gasteiger partial charge in [-0.05, 0) is 0 Å². The maximum atomic E-state index is 10.3. The van der Waals surface area contributed by atoms with Crippen LogP contribution in [0.15, 0.2) is 6.33 Å². The van der Waals surface area contributed by atoms with Crippen LogP contribution in [0.2, 0.25) is 30.9 Å². The molecule has 0 unspecified atom stereocenters. The molecule has 0 bridgehead atoms. The Labute approximate surface area is 445 Å². The van der Waals surface area contributed by atoms with E-state index in [1.807, 2.05) is 0 Å². The third-order valence-corrected chi connectivity index (χ3v) is 7.01. The van der Waals surface area contributed by atoms with Gasteiger partial charge in [-0.2, -0.15) is 0 Å². The third kappa shape index (κ3) is 32.1. The number of rotatable bonds is 3. The number of nitrogens with zero attached hydrogens (tertiary/aromatic N) is 10. The van der Waals surface area contributed by atoms with Gasteiger partial charge < -0.3 is 64.9 Å². The van der Waals surface area contributed by atoms with Crippen LogP contribution < -0.4 is 49.6 Å². The summed E-state index contributed by atoms with van der Waals surface area (Å²) >= 11 is 33.9. The quantitative estimate of drug-likeness (QED) is 0.0524. The molecular formula is C21H19Cl13IMg2N10O6Zn2-. The van der Waals surface area contributed by atoms with Crippen molar-refractivity contribution in [2.45, 2.75) is 58.0 Å². The summed E-state index contributed by atoms with van der Waals surface area (Å²) in [6, 6.07) is 0. The molecule has 3 aromatic rings. The van der Waals surface area contributed by atoms with Crippen molar-refractivity contribution in [3.05, 3.63) is 83.1 Å². The maximum absolute atomic E-state index is 10.3. The molecule has 0 aliphatic carbocycles.